The Bertz CT molecular complexity index is 903. The molecule has 0 aliphatic heterocycles. The number of aromatic nitrogens is 2. The SMILES string of the molecule is O=C(O)Cn1ncc2ccc(NC(=O)CCc3ccc(Br)s3)cc21. The van der Waals surface area contributed by atoms with Crippen LogP contribution in [0.5, 0.6) is 0 Å². The highest BCUT2D eigenvalue weighted by molar-refractivity contribution is 9.11. The van der Waals surface area contributed by atoms with E-state index in [1.807, 2.05) is 18.2 Å². The van der Waals surface area contributed by atoms with Gasteiger partial charge in [0.1, 0.15) is 6.54 Å². The van der Waals surface area contributed by atoms with E-state index in [1.165, 1.54) is 4.68 Å². The minimum Gasteiger partial charge on any atom is -0.480 e. The monoisotopic (exact) mass is 407 g/mol. The second kappa shape index (κ2) is 7.14. The van der Waals surface area contributed by atoms with Crippen LogP contribution in [0, 0.1) is 0 Å². The van der Waals surface area contributed by atoms with Crippen LogP contribution in [-0.2, 0) is 22.6 Å². The summed E-state index contributed by atoms with van der Waals surface area (Å²) in [6, 6.07) is 9.31. The summed E-state index contributed by atoms with van der Waals surface area (Å²) in [6.07, 6.45) is 2.68. The van der Waals surface area contributed by atoms with Gasteiger partial charge in [0.2, 0.25) is 5.91 Å². The van der Waals surface area contributed by atoms with Gasteiger partial charge in [-0.15, -0.1) is 11.3 Å². The first kappa shape index (κ1) is 16.7. The molecule has 0 unspecified atom stereocenters. The summed E-state index contributed by atoms with van der Waals surface area (Å²) in [5.74, 6) is -1.04. The number of hydrogen-bond donors (Lipinski definition) is 2. The van der Waals surface area contributed by atoms with Gasteiger partial charge in [-0.1, -0.05) is 0 Å². The lowest BCUT2D eigenvalue weighted by Crippen LogP contribution is -2.12. The molecule has 0 spiro atoms. The molecular weight excluding hydrogens is 394 g/mol. The van der Waals surface area contributed by atoms with Crippen molar-refractivity contribution in [1.29, 1.82) is 0 Å². The molecule has 8 heteroatoms. The van der Waals surface area contributed by atoms with Crippen LogP contribution in [0.3, 0.4) is 0 Å². The highest BCUT2D eigenvalue weighted by Gasteiger charge is 2.09. The van der Waals surface area contributed by atoms with Crippen molar-refractivity contribution in [2.24, 2.45) is 0 Å². The van der Waals surface area contributed by atoms with Gasteiger partial charge >= 0.3 is 5.97 Å². The first-order chi connectivity index (χ1) is 11.5. The second-order valence-electron chi connectivity index (χ2n) is 5.22. The Balaban J connectivity index is 1.67. The lowest BCUT2D eigenvalue weighted by molar-refractivity contribution is -0.137. The first-order valence-electron chi connectivity index (χ1n) is 7.23. The third kappa shape index (κ3) is 4.01. The van der Waals surface area contributed by atoms with Crippen LogP contribution in [0.15, 0.2) is 40.3 Å². The fourth-order valence-corrected chi connectivity index (χ4v) is 3.83. The molecule has 0 saturated heterocycles. The van der Waals surface area contributed by atoms with Crippen molar-refractivity contribution in [1.82, 2.24) is 9.78 Å². The quantitative estimate of drug-likeness (QED) is 0.654. The highest BCUT2D eigenvalue weighted by atomic mass is 79.9. The van der Waals surface area contributed by atoms with E-state index in [-0.39, 0.29) is 12.5 Å². The molecule has 24 heavy (non-hydrogen) atoms. The molecule has 0 bridgehead atoms. The van der Waals surface area contributed by atoms with Crippen LogP contribution in [0.2, 0.25) is 0 Å². The number of aryl methyl sites for hydroxylation is 1. The maximum atomic E-state index is 12.1. The minimum atomic E-state index is -0.962. The Kier molecular flexibility index (Phi) is 4.96. The van der Waals surface area contributed by atoms with Crippen LogP contribution in [0.1, 0.15) is 11.3 Å². The number of nitrogens with zero attached hydrogens (tertiary/aromatic N) is 2. The topological polar surface area (TPSA) is 84.2 Å². The van der Waals surface area contributed by atoms with Gasteiger partial charge in [0, 0.05) is 22.4 Å². The summed E-state index contributed by atoms with van der Waals surface area (Å²) in [5, 5.41) is 16.6. The molecule has 1 amide bonds. The predicted octanol–water partition coefficient (Wildman–Crippen LogP) is 3.52. The van der Waals surface area contributed by atoms with Crippen molar-refractivity contribution in [3.05, 3.63) is 45.2 Å². The van der Waals surface area contributed by atoms with Crippen molar-refractivity contribution in [3.63, 3.8) is 0 Å². The molecule has 6 nitrogen and oxygen atoms in total. The summed E-state index contributed by atoms with van der Waals surface area (Å²) >= 11 is 5.02. The zero-order valence-corrected chi connectivity index (χ0v) is 14.9. The summed E-state index contributed by atoms with van der Waals surface area (Å²) in [6.45, 7) is -0.214. The van der Waals surface area contributed by atoms with E-state index in [0.29, 0.717) is 24.0 Å². The summed E-state index contributed by atoms with van der Waals surface area (Å²) in [7, 11) is 0. The number of rotatable bonds is 6. The lowest BCUT2D eigenvalue weighted by atomic mass is 10.2. The number of fused-ring (bicyclic) bond motifs is 1. The smallest absolute Gasteiger partial charge is 0.325 e. The van der Waals surface area contributed by atoms with Crippen LogP contribution < -0.4 is 5.32 Å². The largest absolute Gasteiger partial charge is 0.480 e. The van der Waals surface area contributed by atoms with E-state index in [2.05, 4.69) is 26.3 Å². The van der Waals surface area contributed by atoms with E-state index in [9.17, 15) is 9.59 Å². The van der Waals surface area contributed by atoms with Crippen LogP contribution in [0.4, 0.5) is 5.69 Å². The Labute approximate surface area is 150 Å². The molecule has 1 aromatic carbocycles. The molecule has 2 N–H and O–H groups in total. The number of carbonyl (C=O) groups is 2. The van der Waals surface area contributed by atoms with Crippen molar-refractivity contribution in [3.8, 4) is 0 Å². The maximum absolute atomic E-state index is 12.1. The van der Waals surface area contributed by atoms with Gasteiger partial charge in [0.15, 0.2) is 0 Å². The number of nitrogens with one attached hydrogen (secondary N) is 1. The van der Waals surface area contributed by atoms with E-state index < -0.39 is 5.97 Å². The number of carboxylic acid groups (broad SMARTS) is 1. The zero-order chi connectivity index (χ0) is 17.1. The number of halogens is 1. The van der Waals surface area contributed by atoms with Gasteiger partial charge in [-0.25, -0.2) is 0 Å². The van der Waals surface area contributed by atoms with Crippen LogP contribution >= 0.6 is 27.3 Å². The summed E-state index contributed by atoms with van der Waals surface area (Å²) in [5.41, 5.74) is 1.31. The number of aliphatic carboxylic acids is 1. The number of benzene rings is 1. The van der Waals surface area contributed by atoms with Crippen molar-refractivity contribution in [2.75, 3.05) is 5.32 Å². The van der Waals surface area contributed by atoms with E-state index in [1.54, 1.807) is 29.7 Å². The van der Waals surface area contributed by atoms with Gasteiger partial charge in [-0.05, 0) is 52.7 Å². The van der Waals surface area contributed by atoms with Gasteiger partial charge in [0.05, 0.1) is 15.5 Å². The van der Waals surface area contributed by atoms with E-state index in [0.717, 1.165) is 14.0 Å². The number of amides is 1. The second-order valence-corrected chi connectivity index (χ2v) is 7.77. The Morgan fingerprint density at radius 1 is 1.29 bits per heavy atom. The Morgan fingerprint density at radius 2 is 2.12 bits per heavy atom. The molecule has 0 aliphatic carbocycles. The highest BCUT2D eigenvalue weighted by Crippen LogP contribution is 2.23. The average molecular weight is 408 g/mol. The minimum absolute atomic E-state index is 0.0804. The van der Waals surface area contributed by atoms with Gasteiger partial charge in [-0.3, -0.25) is 14.3 Å². The molecule has 3 rings (SSSR count). The third-order valence-corrected chi connectivity index (χ3v) is 5.12. The van der Waals surface area contributed by atoms with Crippen molar-refractivity contribution >= 4 is 55.7 Å². The Hall–Kier alpha value is -2.19. The molecule has 3 aromatic rings. The fourth-order valence-electron chi connectivity index (χ4n) is 2.35. The Morgan fingerprint density at radius 3 is 2.83 bits per heavy atom. The molecule has 0 radical (unpaired) electrons. The van der Waals surface area contributed by atoms with Gasteiger partial charge in [-0.2, -0.15) is 5.10 Å². The van der Waals surface area contributed by atoms with E-state index in [4.69, 9.17) is 5.11 Å². The molecule has 0 saturated carbocycles. The fraction of sp³-hybridized carbons (Fsp3) is 0.188. The summed E-state index contributed by atoms with van der Waals surface area (Å²) < 4.78 is 2.45. The predicted molar refractivity (Wildman–Crippen MR) is 96.3 cm³/mol. The number of carbonyl (C=O) groups excluding carboxylic acids is 1. The number of anilines is 1. The van der Waals surface area contributed by atoms with Crippen LogP contribution in [0.25, 0.3) is 10.9 Å². The number of hydrogen-bond acceptors (Lipinski definition) is 4. The summed E-state index contributed by atoms with van der Waals surface area (Å²) in [4.78, 5) is 24.1. The third-order valence-electron chi connectivity index (χ3n) is 3.44. The van der Waals surface area contributed by atoms with Gasteiger partial charge < -0.3 is 10.4 Å². The number of thiophene rings is 1. The van der Waals surface area contributed by atoms with Crippen molar-refractivity contribution < 1.29 is 14.7 Å². The molecular formula is C16H14BrN3O3S. The van der Waals surface area contributed by atoms with Crippen molar-refractivity contribution in [2.45, 2.75) is 19.4 Å². The molecule has 124 valence electrons. The van der Waals surface area contributed by atoms with Crippen LogP contribution in [-0.4, -0.2) is 26.8 Å². The van der Waals surface area contributed by atoms with E-state index >= 15 is 0 Å². The zero-order valence-electron chi connectivity index (χ0n) is 12.5. The standard InChI is InChI=1S/C16H14BrN3O3S/c17-14-5-3-12(24-14)4-6-15(21)19-11-2-1-10-8-18-20(9-16(22)23)13(10)7-11/h1-3,5,7-8H,4,6,9H2,(H,19,21)(H,22,23). The first-order valence-corrected chi connectivity index (χ1v) is 8.83. The number of carboxylic acids is 1. The molecule has 2 aromatic heterocycles. The molecule has 0 aliphatic rings. The molecule has 2 heterocycles. The molecule has 0 fully saturated rings. The lowest BCUT2D eigenvalue weighted by Gasteiger charge is -2.06. The van der Waals surface area contributed by atoms with Gasteiger partial charge in [0.25, 0.3) is 0 Å². The average Bonchev–Trinajstić information content (AvgIpc) is 3.11. The normalized spacial score (nSPS) is 10.9. The maximum Gasteiger partial charge on any atom is 0.325 e. The molecule has 0 atom stereocenters.